The number of aromatic carboxylic acids is 1. The van der Waals surface area contributed by atoms with E-state index >= 15 is 0 Å². The summed E-state index contributed by atoms with van der Waals surface area (Å²) in [7, 11) is 0. The molecule has 1 saturated carbocycles. The van der Waals surface area contributed by atoms with Gasteiger partial charge in [-0.1, -0.05) is 12.8 Å². The van der Waals surface area contributed by atoms with Gasteiger partial charge < -0.3 is 15.7 Å². The molecule has 4 nitrogen and oxygen atoms in total. The van der Waals surface area contributed by atoms with E-state index < -0.39 is 5.97 Å². The Kier molecular flexibility index (Phi) is 3.32. The second-order valence-electron chi connectivity index (χ2n) is 6.27. The zero-order chi connectivity index (χ0) is 14.2. The molecule has 0 aromatic heterocycles. The number of benzene rings is 1. The first-order valence-electron chi connectivity index (χ1n) is 7.47. The molecule has 1 heterocycles. The summed E-state index contributed by atoms with van der Waals surface area (Å²) in [6.45, 7) is 2.06. The van der Waals surface area contributed by atoms with Gasteiger partial charge in [0, 0.05) is 24.5 Å². The molecule has 1 aromatic rings. The third kappa shape index (κ3) is 2.35. The lowest BCUT2D eigenvalue weighted by molar-refractivity contribution is 0.0698. The highest BCUT2D eigenvalue weighted by Crippen LogP contribution is 2.46. The minimum absolute atomic E-state index is 0.212. The van der Waals surface area contributed by atoms with Crippen LogP contribution in [0.5, 0.6) is 0 Å². The maximum Gasteiger partial charge on any atom is 0.337 e. The Hall–Kier alpha value is -1.71. The fourth-order valence-electron chi connectivity index (χ4n) is 3.79. The lowest BCUT2D eigenvalue weighted by atomic mass is 9.77. The average Bonchev–Trinajstić information content (AvgIpc) is 2.88. The summed E-state index contributed by atoms with van der Waals surface area (Å²) in [5.74, 6) is -0.950. The number of nitrogen functional groups attached to an aromatic ring is 1. The molecular formula is C16H22N2O2. The van der Waals surface area contributed by atoms with Gasteiger partial charge in [-0.3, -0.25) is 0 Å². The number of nitrogens with zero attached hydrogens (tertiary/aromatic N) is 1. The van der Waals surface area contributed by atoms with Crippen LogP contribution in [0.2, 0.25) is 0 Å². The highest BCUT2D eigenvalue weighted by Gasteiger charge is 2.36. The maximum atomic E-state index is 11.2. The van der Waals surface area contributed by atoms with Gasteiger partial charge in [0.15, 0.2) is 0 Å². The van der Waals surface area contributed by atoms with Crippen LogP contribution < -0.4 is 10.6 Å². The lowest BCUT2D eigenvalue weighted by Crippen LogP contribution is -2.38. The molecule has 2 fully saturated rings. The normalized spacial score (nSPS) is 21.3. The van der Waals surface area contributed by atoms with E-state index in [9.17, 15) is 4.79 Å². The number of carbonyl (C=O) groups is 1. The van der Waals surface area contributed by atoms with Crippen LogP contribution in [0.4, 0.5) is 11.4 Å². The largest absolute Gasteiger partial charge is 0.478 e. The molecular weight excluding hydrogens is 252 g/mol. The molecule has 1 aliphatic carbocycles. The molecule has 0 radical (unpaired) electrons. The number of hydrogen-bond donors (Lipinski definition) is 2. The molecule has 1 spiro atoms. The highest BCUT2D eigenvalue weighted by molar-refractivity contribution is 5.94. The first kappa shape index (κ1) is 13.3. The number of hydrogen-bond acceptors (Lipinski definition) is 3. The van der Waals surface area contributed by atoms with Gasteiger partial charge in [0.25, 0.3) is 0 Å². The van der Waals surface area contributed by atoms with Crippen LogP contribution in [0.15, 0.2) is 18.2 Å². The van der Waals surface area contributed by atoms with Crippen LogP contribution in [-0.4, -0.2) is 24.2 Å². The molecule has 3 N–H and O–H groups in total. The van der Waals surface area contributed by atoms with E-state index in [0.29, 0.717) is 11.1 Å². The van der Waals surface area contributed by atoms with Crippen molar-refractivity contribution in [2.75, 3.05) is 23.7 Å². The summed E-state index contributed by atoms with van der Waals surface area (Å²) < 4.78 is 0. The van der Waals surface area contributed by atoms with Crippen molar-refractivity contribution >= 4 is 17.3 Å². The SMILES string of the molecule is Nc1ccc(N2CCC3(CCCC3)CC2)cc1C(=O)O. The third-order valence-electron chi connectivity index (χ3n) is 5.12. The summed E-state index contributed by atoms with van der Waals surface area (Å²) in [5, 5.41) is 9.16. The molecule has 2 aliphatic rings. The molecule has 0 bridgehead atoms. The van der Waals surface area contributed by atoms with Gasteiger partial charge in [-0.25, -0.2) is 4.79 Å². The van der Waals surface area contributed by atoms with Crippen LogP contribution in [0.1, 0.15) is 48.9 Å². The zero-order valence-electron chi connectivity index (χ0n) is 11.8. The molecule has 1 saturated heterocycles. The van der Waals surface area contributed by atoms with Crippen molar-refractivity contribution in [3.8, 4) is 0 Å². The minimum Gasteiger partial charge on any atom is -0.478 e. The standard InChI is InChI=1S/C16H22N2O2/c17-14-4-3-12(11-13(14)15(19)20)18-9-7-16(8-10-18)5-1-2-6-16/h3-4,11H,1-2,5-10,17H2,(H,19,20). The maximum absolute atomic E-state index is 11.2. The Labute approximate surface area is 119 Å². The molecule has 108 valence electrons. The third-order valence-corrected chi connectivity index (χ3v) is 5.12. The van der Waals surface area contributed by atoms with Gasteiger partial charge in [-0.2, -0.15) is 0 Å². The molecule has 0 amide bonds. The summed E-state index contributed by atoms with van der Waals surface area (Å²) in [5.41, 5.74) is 7.84. The Bertz CT molecular complexity index is 511. The number of anilines is 2. The summed E-state index contributed by atoms with van der Waals surface area (Å²) in [6.07, 6.45) is 7.99. The van der Waals surface area contributed by atoms with Crippen molar-refractivity contribution in [1.82, 2.24) is 0 Å². The van der Waals surface area contributed by atoms with Crippen molar-refractivity contribution in [1.29, 1.82) is 0 Å². The van der Waals surface area contributed by atoms with E-state index in [4.69, 9.17) is 10.8 Å². The van der Waals surface area contributed by atoms with Gasteiger partial charge in [0.2, 0.25) is 0 Å². The minimum atomic E-state index is -0.950. The first-order chi connectivity index (χ1) is 9.60. The fraction of sp³-hybridized carbons (Fsp3) is 0.562. The van der Waals surface area contributed by atoms with Gasteiger partial charge in [0.1, 0.15) is 0 Å². The summed E-state index contributed by atoms with van der Waals surface area (Å²) >= 11 is 0. The number of rotatable bonds is 2. The predicted octanol–water partition coefficient (Wildman–Crippen LogP) is 3.13. The van der Waals surface area contributed by atoms with Crippen LogP contribution in [0.25, 0.3) is 0 Å². The Balaban J connectivity index is 1.75. The van der Waals surface area contributed by atoms with Crippen molar-refractivity contribution < 1.29 is 9.90 Å². The molecule has 1 aliphatic heterocycles. The van der Waals surface area contributed by atoms with E-state index in [1.807, 2.05) is 6.07 Å². The number of carboxylic acids is 1. The molecule has 0 atom stereocenters. The van der Waals surface area contributed by atoms with Gasteiger partial charge >= 0.3 is 5.97 Å². The molecule has 1 aromatic carbocycles. The topological polar surface area (TPSA) is 66.6 Å². The van der Waals surface area contributed by atoms with E-state index in [0.717, 1.165) is 18.8 Å². The average molecular weight is 274 g/mol. The number of piperidine rings is 1. The van der Waals surface area contributed by atoms with E-state index in [2.05, 4.69) is 4.90 Å². The summed E-state index contributed by atoms with van der Waals surface area (Å²) in [6, 6.07) is 5.36. The van der Waals surface area contributed by atoms with Crippen LogP contribution in [0, 0.1) is 5.41 Å². The van der Waals surface area contributed by atoms with E-state index in [1.165, 1.54) is 38.5 Å². The van der Waals surface area contributed by atoms with Gasteiger partial charge in [-0.15, -0.1) is 0 Å². The monoisotopic (exact) mass is 274 g/mol. The molecule has 20 heavy (non-hydrogen) atoms. The second kappa shape index (κ2) is 5.00. The van der Waals surface area contributed by atoms with E-state index in [1.54, 1.807) is 12.1 Å². The first-order valence-corrected chi connectivity index (χ1v) is 7.47. The lowest BCUT2D eigenvalue weighted by Gasteiger charge is -2.40. The van der Waals surface area contributed by atoms with Crippen molar-refractivity contribution in [2.24, 2.45) is 5.41 Å². The van der Waals surface area contributed by atoms with Crippen LogP contribution in [-0.2, 0) is 0 Å². The molecule has 4 heteroatoms. The van der Waals surface area contributed by atoms with Crippen molar-refractivity contribution in [3.05, 3.63) is 23.8 Å². The predicted molar refractivity (Wildman–Crippen MR) is 80.2 cm³/mol. The van der Waals surface area contributed by atoms with Gasteiger partial charge in [-0.05, 0) is 49.3 Å². The molecule has 0 unspecified atom stereocenters. The Morgan fingerprint density at radius 2 is 1.80 bits per heavy atom. The van der Waals surface area contributed by atoms with Crippen molar-refractivity contribution in [3.63, 3.8) is 0 Å². The molecule has 3 rings (SSSR count). The van der Waals surface area contributed by atoms with Gasteiger partial charge in [0.05, 0.1) is 5.56 Å². The number of carboxylic acid groups (broad SMARTS) is 1. The Morgan fingerprint density at radius 1 is 1.15 bits per heavy atom. The zero-order valence-corrected chi connectivity index (χ0v) is 11.8. The second-order valence-corrected chi connectivity index (χ2v) is 6.27. The summed E-state index contributed by atoms with van der Waals surface area (Å²) in [4.78, 5) is 13.5. The Morgan fingerprint density at radius 3 is 2.40 bits per heavy atom. The highest BCUT2D eigenvalue weighted by atomic mass is 16.4. The quantitative estimate of drug-likeness (QED) is 0.813. The smallest absolute Gasteiger partial charge is 0.337 e. The van der Waals surface area contributed by atoms with Crippen LogP contribution >= 0.6 is 0 Å². The van der Waals surface area contributed by atoms with Crippen LogP contribution in [0.3, 0.4) is 0 Å². The van der Waals surface area contributed by atoms with E-state index in [-0.39, 0.29) is 5.56 Å². The van der Waals surface area contributed by atoms with Crippen molar-refractivity contribution in [2.45, 2.75) is 38.5 Å². The number of nitrogens with two attached hydrogens (primary N) is 1. The fourth-order valence-corrected chi connectivity index (χ4v) is 3.79.